The fraction of sp³-hybridized carbons (Fsp3) is 0.833. The number of nitrogens with one attached hydrogen (secondary N) is 1. The fourth-order valence-corrected chi connectivity index (χ4v) is 1.26. The Morgan fingerprint density at radius 3 is 2.41 bits per heavy atom. The number of ether oxygens (including phenoxy) is 1. The molecule has 5 nitrogen and oxygen atoms in total. The Bertz CT molecular complexity index is 255. The summed E-state index contributed by atoms with van der Waals surface area (Å²) in [6, 6.07) is 0. The van der Waals surface area contributed by atoms with Crippen LogP contribution in [0.4, 0.5) is 0 Å². The van der Waals surface area contributed by atoms with Crippen molar-refractivity contribution in [2.24, 2.45) is 0 Å². The van der Waals surface area contributed by atoms with E-state index in [9.17, 15) is 9.59 Å². The number of rotatable bonds is 9. The Morgan fingerprint density at radius 1 is 1.29 bits per heavy atom. The molecular weight excluding hydrogens is 222 g/mol. The molecule has 0 heterocycles. The average Bonchev–Trinajstić information content (AvgIpc) is 2.28. The summed E-state index contributed by atoms with van der Waals surface area (Å²) in [5, 5.41) is 11.4. The van der Waals surface area contributed by atoms with Crippen LogP contribution in [-0.2, 0) is 14.3 Å². The summed E-state index contributed by atoms with van der Waals surface area (Å²) in [7, 11) is 0. The highest BCUT2D eigenvalue weighted by Gasteiger charge is 2.32. The van der Waals surface area contributed by atoms with Crippen LogP contribution in [0.15, 0.2) is 0 Å². The van der Waals surface area contributed by atoms with Gasteiger partial charge in [0, 0.05) is 6.61 Å². The molecule has 0 rings (SSSR count). The van der Waals surface area contributed by atoms with Gasteiger partial charge in [-0.05, 0) is 19.8 Å². The molecular formula is C12H23NO4. The molecule has 2 N–H and O–H groups in total. The van der Waals surface area contributed by atoms with E-state index in [1.807, 2.05) is 0 Å². The van der Waals surface area contributed by atoms with Crippen LogP contribution in [0.2, 0.25) is 0 Å². The molecule has 1 atom stereocenters. The molecule has 0 saturated carbocycles. The number of hydrogen-bond donors (Lipinski definition) is 2. The van der Waals surface area contributed by atoms with E-state index in [1.54, 1.807) is 6.92 Å². The van der Waals surface area contributed by atoms with Crippen LogP contribution < -0.4 is 5.32 Å². The zero-order chi connectivity index (χ0) is 13.3. The van der Waals surface area contributed by atoms with Gasteiger partial charge in [-0.2, -0.15) is 0 Å². The lowest BCUT2D eigenvalue weighted by atomic mass is 9.99. The molecule has 0 aliphatic heterocycles. The van der Waals surface area contributed by atoms with Gasteiger partial charge in [0.15, 0.2) is 0 Å². The normalized spacial score (nSPS) is 14.1. The van der Waals surface area contributed by atoms with Crippen molar-refractivity contribution in [3.05, 3.63) is 0 Å². The van der Waals surface area contributed by atoms with Crippen molar-refractivity contribution in [2.75, 3.05) is 13.2 Å². The first kappa shape index (κ1) is 15.9. The molecule has 0 aliphatic carbocycles. The van der Waals surface area contributed by atoms with Crippen LogP contribution in [0, 0.1) is 0 Å². The Morgan fingerprint density at radius 2 is 1.94 bits per heavy atom. The highest BCUT2D eigenvalue weighted by atomic mass is 16.5. The predicted octanol–water partition coefficient (Wildman–Crippen LogP) is 1.56. The first-order chi connectivity index (χ1) is 7.96. The van der Waals surface area contributed by atoms with E-state index >= 15 is 0 Å². The highest BCUT2D eigenvalue weighted by Crippen LogP contribution is 2.08. The van der Waals surface area contributed by atoms with Crippen molar-refractivity contribution in [3.8, 4) is 0 Å². The first-order valence-electron chi connectivity index (χ1n) is 6.08. The van der Waals surface area contributed by atoms with E-state index in [4.69, 9.17) is 9.84 Å². The zero-order valence-corrected chi connectivity index (χ0v) is 10.9. The summed E-state index contributed by atoms with van der Waals surface area (Å²) >= 11 is 0. The lowest BCUT2D eigenvalue weighted by Crippen LogP contribution is -2.52. The highest BCUT2D eigenvalue weighted by molar-refractivity contribution is 5.87. The number of amides is 1. The molecule has 0 spiro atoms. The third kappa shape index (κ3) is 6.26. The van der Waals surface area contributed by atoms with Crippen LogP contribution in [0.5, 0.6) is 0 Å². The minimum absolute atomic E-state index is 0.0768. The third-order valence-electron chi connectivity index (χ3n) is 2.72. The predicted molar refractivity (Wildman–Crippen MR) is 64.8 cm³/mol. The molecule has 0 aromatic rings. The molecule has 0 fully saturated rings. The molecule has 0 aromatic heterocycles. The number of aliphatic carboxylic acids is 1. The van der Waals surface area contributed by atoms with Gasteiger partial charge in [-0.3, -0.25) is 4.79 Å². The summed E-state index contributed by atoms with van der Waals surface area (Å²) in [4.78, 5) is 22.4. The molecule has 1 unspecified atom stereocenters. The molecule has 0 aromatic carbocycles. The SMILES string of the molecule is CCCCCOCC(=O)NC(C)(CC)C(=O)O. The molecule has 0 saturated heterocycles. The lowest BCUT2D eigenvalue weighted by Gasteiger charge is -2.24. The monoisotopic (exact) mass is 245 g/mol. The maximum absolute atomic E-state index is 11.5. The number of hydrogen-bond acceptors (Lipinski definition) is 3. The van der Waals surface area contributed by atoms with Gasteiger partial charge in [-0.25, -0.2) is 4.79 Å². The average molecular weight is 245 g/mol. The first-order valence-corrected chi connectivity index (χ1v) is 6.08. The molecule has 0 radical (unpaired) electrons. The second-order valence-electron chi connectivity index (χ2n) is 4.30. The molecule has 0 bridgehead atoms. The number of carboxylic acid groups (broad SMARTS) is 1. The van der Waals surface area contributed by atoms with E-state index in [0.717, 1.165) is 19.3 Å². The summed E-state index contributed by atoms with van der Waals surface area (Å²) in [6.45, 7) is 5.76. The molecule has 0 aliphatic rings. The Hall–Kier alpha value is -1.10. The van der Waals surface area contributed by atoms with E-state index in [1.165, 1.54) is 6.92 Å². The van der Waals surface area contributed by atoms with E-state index in [-0.39, 0.29) is 12.5 Å². The summed E-state index contributed by atoms with van der Waals surface area (Å²) in [5.74, 6) is -1.41. The van der Waals surface area contributed by atoms with Gasteiger partial charge in [0.25, 0.3) is 0 Å². The van der Waals surface area contributed by atoms with Gasteiger partial charge in [-0.15, -0.1) is 0 Å². The van der Waals surface area contributed by atoms with Crippen molar-refractivity contribution in [1.82, 2.24) is 5.32 Å². The minimum atomic E-state index is -1.20. The van der Waals surface area contributed by atoms with Crippen molar-refractivity contribution >= 4 is 11.9 Å². The maximum atomic E-state index is 11.5. The fourth-order valence-electron chi connectivity index (χ4n) is 1.26. The number of carboxylic acids is 1. The topological polar surface area (TPSA) is 75.6 Å². The van der Waals surface area contributed by atoms with Gasteiger partial charge in [0.1, 0.15) is 12.1 Å². The van der Waals surface area contributed by atoms with Gasteiger partial charge in [-0.1, -0.05) is 26.7 Å². The Balaban J connectivity index is 3.88. The van der Waals surface area contributed by atoms with Gasteiger partial charge in [0.05, 0.1) is 0 Å². The number of carbonyl (C=O) groups is 2. The van der Waals surface area contributed by atoms with Crippen molar-refractivity contribution < 1.29 is 19.4 Å². The molecule has 100 valence electrons. The second kappa shape index (κ2) is 8.06. The Kier molecular flexibility index (Phi) is 7.54. The second-order valence-corrected chi connectivity index (χ2v) is 4.30. The number of carbonyl (C=O) groups excluding carboxylic acids is 1. The van der Waals surface area contributed by atoms with Crippen LogP contribution >= 0.6 is 0 Å². The smallest absolute Gasteiger partial charge is 0.329 e. The summed E-state index contributed by atoms with van der Waals surface area (Å²) in [5.41, 5.74) is -1.20. The van der Waals surface area contributed by atoms with Crippen LogP contribution in [0.3, 0.4) is 0 Å². The van der Waals surface area contributed by atoms with Gasteiger partial charge >= 0.3 is 5.97 Å². The standard InChI is InChI=1S/C12H23NO4/c1-4-6-7-8-17-9-10(14)13-12(3,5-2)11(15)16/h4-9H2,1-3H3,(H,13,14)(H,15,16). The quantitative estimate of drug-likeness (QED) is 0.604. The lowest BCUT2D eigenvalue weighted by molar-refractivity contribution is -0.147. The summed E-state index contributed by atoms with van der Waals surface area (Å²) < 4.78 is 5.16. The molecule has 5 heteroatoms. The van der Waals surface area contributed by atoms with E-state index in [0.29, 0.717) is 13.0 Å². The van der Waals surface area contributed by atoms with Crippen molar-refractivity contribution in [2.45, 2.75) is 52.0 Å². The van der Waals surface area contributed by atoms with Gasteiger partial charge < -0.3 is 15.2 Å². The van der Waals surface area contributed by atoms with E-state index in [2.05, 4.69) is 12.2 Å². The Labute approximate surface area is 103 Å². The van der Waals surface area contributed by atoms with E-state index < -0.39 is 11.5 Å². The third-order valence-corrected chi connectivity index (χ3v) is 2.72. The minimum Gasteiger partial charge on any atom is -0.480 e. The van der Waals surface area contributed by atoms with Crippen LogP contribution in [-0.4, -0.2) is 35.7 Å². The molecule has 1 amide bonds. The zero-order valence-electron chi connectivity index (χ0n) is 10.9. The maximum Gasteiger partial charge on any atom is 0.329 e. The van der Waals surface area contributed by atoms with Crippen LogP contribution in [0.25, 0.3) is 0 Å². The largest absolute Gasteiger partial charge is 0.480 e. The van der Waals surface area contributed by atoms with Crippen molar-refractivity contribution in [3.63, 3.8) is 0 Å². The van der Waals surface area contributed by atoms with Crippen molar-refractivity contribution in [1.29, 1.82) is 0 Å². The summed E-state index contributed by atoms with van der Waals surface area (Å²) in [6.07, 6.45) is 3.43. The van der Waals surface area contributed by atoms with Gasteiger partial charge in [0.2, 0.25) is 5.91 Å². The number of unbranched alkanes of at least 4 members (excludes halogenated alkanes) is 2. The van der Waals surface area contributed by atoms with Crippen LogP contribution in [0.1, 0.15) is 46.5 Å². The molecule has 17 heavy (non-hydrogen) atoms.